The molecule has 0 unspecified atom stereocenters. The number of ketones is 1. The summed E-state index contributed by atoms with van der Waals surface area (Å²) in [6.07, 6.45) is 13.8. The number of carbonyl (C=O) groups is 4. The molecule has 19 heteroatoms. The van der Waals surface area contributed by atoms with Crippen molar-refractivity contribution in [2.45, 2.75) is 83.7 Å². The Morgan fingerprint density at radius 3 is 2.31 bits per heavy atom. The summed E-state index contributed by atoms with van der Waals surface area (Å²) in [5, 5.41) is 12.6. The lowest BCUT2D eigenvalue weighted by Crippen LogP contribution is -2.51. The van der Waals surface area contributed by atoms with Crippen LogP contribution in [0.4, 0.5) is 23.1 Å². The molecule has 3 aliphatic rings. The van der Waals surface area contributed by atoms with Crippen LogP contribution < -0.4 is 43.2 Å². The number of hydrogen-bond donors (Lipinski definition) is 6. The number of hydrogen-bond acceptors (Lipinski definition) is 15. The number of rotatable bonds is 18. The Morgan fingerprint density at radius 2 is 1.61 bits per heavy atom. The average Bonchev–Trinajstić information content (AvgIpc) is 3.85. The predicted octanol–water partition coefficient (Wildman–Crippen LogP) is 4.04. The first-order chi connectivity index (χ1) is 32.4. The van der Waals surface area contributed by atoms with Gasteiger partial charge in [0.05, 0.1) is 42.4 Å². The van der Waals surface area contributed by atoms with Gasteiger partial charge in [0.15, 0.2) is 11.7 Å². The summed E-state index contributed by atoms with van der Waals surface area (Å²) in [5.74, 6) is 0.261. The van der Waals surface area contributed by atoms with Gasteiger partial charge in [0.2, 0.25) is 17.8 Å². The summed E-state index contributed by atoms with van der Waals surface area (Å²) < 4.78 is 6.56. The van der Waals surface area contributed by atoms with Gasteiger partial charge in [-0.25, -0.2) is 9.97 Å². The number of Topliss-reactive ketones (excluding diaryl/α,β-unsaturated/α-hetero) is 1. The van der Waals surface area contributed by atoms with Crippen LogP contribution in [0.1, 0.15) is 97.0 Å². The summed E-state index contributed by atoms with van der Waals surface area (Å²) in [6, 6.07) is 10.8. The van der Waals surface area contributed by atoms with Gasteiger partial charge in [-0.1, -0.05) is 25.0 Å². The third-order valence-corrected chi connectivity index (χ3v) is 12.8. The molecular formula is C48H63N13O6. The normalized spacial score (nSPS) is 16.8. The fourth-order valence-corrected chi connectivity index (χ4v) is 9.12. The minimum Gasteiger partial charge on any atom is -0.483 e. The van der Waals surface area contributed by atoms with Crippen molar-refractivity contribution in [2.75, 3.05) is 75.0 Å². The Hall–Kier alpha value is -6.86. The third-order valence-electron chi connectivity index (χ3n) is 12.8. The molecule has 8 N–H and O–H groups in total. The van der Waals surface area contributed by atoms with Crippen LogP contribution in [0.3, 0.4) is 0 Å². The highest BCUT2D eigenvalue weighted by molar-refractivity contribution is 6.04. The van der Waals surface area contributed by atoms with E-state index >= 15 is 0 Å². The summed E-state index contributed by atoms with van der Waals surface area (Å²) in [4.78, 5) is 85.6. The number of allylic oxidation sites excluding steroid dienone is 2. The van der Waals surface area contributed by atoms with Gasteiger partial charge in [-0.2, -0.15) is 4.98 Å². The topological polar surface area (TPSA) is 248 Å². The summed E-state index contributed by atoms with van der Waals surface area (Å²) >= 11 is 0. The first kappa shape index (κ1) is 48.1. The fraction of sp³-hybridized carbons (Fsp3) is 0.458. The van der Waals surface area contributed by atoms with E-state index in [1.54, 1.807) is 42.0 Å². The number of nitrogens with zero attached hydrogens (tertiary/aromatic N) is 7. The second kappa shape index (κ2) is 22.6. The van der Waals surface area contributed by atoms with Crippen LogP contribution >= 0.6 is 0 Å². The molecule has 3 amide bonds. The van der Waals surface area contributed by atoms with Crippen LogP contribution in [0, 0.1) is 6.92 Å². The molecule has 0 spiro atoms. The number of fused-ring (bicyclic) bond motifs is 1. The molecule has 4 aromatic rings. The molecule has 2 saturated heterocycles. The van der Waals surface area contributed by atoms with Crippen molar-refractivity contribution < 1.29 is 23.9 Å². The van der Waals surface area contributed by atoms with Crippen LogP contribution in [0.2, 0.25) is 0 Å². The van der Waals surface area contributed by atoms with Crippen molar-refractivity contribution in [2.24, 2.45) is 11.5 Å². The molecule has 5 heterocycles. The number of anilines is 4. The third kappa shape index (κ3) is 12.5. The summed E-state index contributed by atoms with van der Waals surface area (Å²) in [5.41, 5.74) is 14.2. The van der Waals surface area contributed by atoms with Gasteiger partial charge < -0.3 is 47.3 Å². The van der Waals surface area contributed by atoms with Crippen molar-refractivity contribution >= 4 is 57.7 Å². The largest absolute Gasteiger partial charge is 0.483 e. The van der Waals surface area contributed by atoms with Crippen LogP contribution in [0.25, 0.3) is 11.0 Å². The van der Waals surface area contributed by atoms with E-state index in [4.69, 9.17) is 21.2 Å². The molecule has 0 bridgehead atoms. The second-order valence-electron chi connectivity index (χ2n) is 17.5. The Labute approximate surface area is 390 Å². The number of likely N-dealkylation sites (tertiary alicyclic amines) is 1. The summed E-state index contributed by atoms with van der Waals surface area (Å²) in [6.45, 7) is 9.23. The van der Waals surface area contributed by atoms with E-state index in [-0.39, 0.29) is 58.1 Å². The molecule has 0 atom stereocenters. The molecule has 3 aromatic heterocycles. The van der Waals surface area contributed by atoms with Gasteiger partial charge in [-0.15, -0.1) is 0 Å². The molecule has 1 saturated carbocycles. The molecular weight excluding hydrogens is 855 g/mol. The van der Waals surface area contributed by atoms with Crippen LogP contribution in [-0.4, -0.2) is 118 Å². The maximum atomic E-state index is 13.6. The van der Waals surface area contributed by atoms with Crippen molar-refractivity contribution in [3.05, 3.63) is 99.7 Å². The van der Waals surface area contributed by atoms with E-state index in [1.165, 1.54) is 26.2 Å². The van der Waals surface area contributed by atoms with Crippen molar-refractivity contribution in [3.8, 4) is 0 Å². The number of piperazine rings is 1. The van der Waals surface area contributed by atoms with Gasteiger partial charge in [0.1, 0.15) is 17.3 Å². The number of aromatic nitrogens is 4. The minimum absolute atomic E-state index is 0.00361. The smallest absolute Gasteiger partial charge is 0.263 e. The number of carbonyl (C=O) groups excluding carboxylic acids is 4. The van der Waals surface area contributed by atoms with Crippen LogP contribution in [-0.2, 0) is 14.3 Å². The second-order valence-corrected chi connectivity index (χ2v) is 17.5. The number of piperidine rings is 1. The highest BCUT2D eigenvalue weighted by Crippen LogP contribution is 2.32. The summed E-state index contributed by atoms with van der Waals surface area (Å²) in [7, 11) is 1.42. The van der Waals surface area contributed by atoms with E-state index in [9.17, 15) is 24.0 Å². The monoisotopic (exact) mass is 918 g/mol. The Balaban J connectivity index is 0.792. The van der Waals surface area contributed by atoms with Gasteiger partial charge in [-0.3, -0.25) is 33.4 Å². The molecule has 1 aromatic carbocycles. The number of amides is 3. The molecule has 7 rings (SSSR count). The van der Waals surface area contributed by atoms with Crippen LogP contribution in [0.15, 0.2) is 77.4 Å². The van der Waals surface area contributed by atoms with E-state index in [0.29, 0.717) is 53.4 Å². The van der Waals surface area contributed by atoms with Gasteiger partial charge >= 0.3 is 0 Å². The van der Waals surface area contributed by atoms with E-state index < -0.39 is 5.91 Å². The van der Waals surface area contributed by atoms with Crippen molar-refractivity contribution in [3.63, 3.8) is 0 Å². The lowest BCUT2D eigenvalue weighted by molar-refractivity contribution is -0.123. The molecule has 67 heavy (non-hydrogen) atoms. The van der Waals surface area contributed by atoms with E-state index in [1.807, 2.05) is 18.3 Å². The van der Waals surface area contributed by atoms with Crippen molar-refractivity contribution in [1.82, 2.24) is 40.0 Å². The highest BCUT2D eigenvalue weighted by Gasteiger charge is 2.27. The number of aryl methyl sites for hydroxylation is 1. The standard InChI is InChI=1S/C48H63N13O6/c1-31-37-29-52-48(57-45(37)61(34-10-4-5-11-34)47(66)44(31)32(2)62)56-41-18-15-35(28-51-41)60-26-24-59(25-27-60)30-43(64)53-33-19-22-58(23-20-33)21-9-8-14-42(63)54-38-13-7-6-12-36(38)46(65)55-39(49)16-17-40(50)67-3/h6-7,12-13,15-18,28-29,33-34H,4-5,8-11,14,19-27,30,49-50H2,1-3H3,(H,53,64)(H,54,63)(H,55,65)(H,51,52,56,57)/b39-16+,40-17+. The molecule has 1 aliphatic carbocycles. The van der Waals surface area contributed by atoms with Gasteiger partial charge in [0.25, 0.3) is 11.5 Å². The zero-order chi connectivity index (χ0) is 47.5. The zero-order valence-electron chi connectivity index (χ0n) is 38.7. The quantitative estimate of drug-likeness (QED) is 0.0357. The minimum atomic E-state index is -0.466. The first-order valence-electron chi connectivity index (χ1n) is 23.2. The maximum absolute atomic E-state index is 13.6. The Kier molecular flexibility index (Phi) is 16.2. The Morgan fingerprint density at radius 1 is 0.866 bits per heavy atom. The first-order valence-corrected chi connectivity index (χ1v) is 23.2. The highest BCUT2D eigenvalue weighted by atomic mass is 16.5. The number of benzene rings is 1. The zero-order valence-corrected chi connectivity index (χ0v) is 38.7. The fourth-order valence-electron chi connectivity index (χ4n) is 9.12. The molecule has 2 aliphatic heterocycles. The number of ether oxygens (including phenoxy) is 1. The number of para-hydroxylation sites is 1. The van der Waals surface area contributed by atoms with E-state index in [0.717, 1.165) is 96.4 Å². The lowest BCUT2D eigenvalue weighted by atomic mass is 10.0. The SMILES string of the molecule is CO/C(N)=C/C=C(\N)NC(=O)c1ccccc1NC(=O)CCCCN1CCC(NC(=O)CN2CCN(c3ccc(Nc4ncc5c(C)c(C(C)=O)c(=O)n(C6CCCC6)c5n4)nc3)CC2)CC1. The molecule has 3 fully saturated rings. The number of nitrogens with one attached hydrogen (secondary N) is 4. The van der Waals surface area contributed by atoms with Gasteiger partial charge in [0, 0.05) is 75.4 Å². The molecule has 356 valence electrons. The van der Waals surface area contributed by atoms with Crippen molar-refractivity contribution in [1.29, 1.82) is 0 Å². The van der Waals surface area contributed by atoms with Gasteiger partial charge in [-0.05, 0) is 94.8 Å². The number of unbranched alkanes of at least 4 members (excludes halogenated alkanes) is 1. The average molecular weight is 918 g/mol. The number of nitrogens with two attached hydrogens (primary N) is 2. The molecule has 0 radical (unpaired) electrons. The van der Waals surface area contributed by atoms with E-state index in [2.05, 4.69) is 45.9 Å². The Bertz CT molecular complexity index is 2540. The molecule has 19 nitrogen and oxygen atoms in total. The lowest BCUT2D eigenvalue weighted by Gasteiger charge is -2.36. The number of methoxy groups -OCH3 is 1. The number of pyridine rings is 2. The maximum Gasteiger partial charge on any atom is 0.263 e. The predicted molar refractivity (Wildman–Crippen MR) is 258 cm³/mol. The van der Waals surface area contributed by atoms with Crippen LogP contribution in [0.5, 0.6) is 0 Å².